The molecule has 0 aliphatic carbocycles. The Morgan fingerprint density at radius 3 is 2.44 bits per heavy atom. The quantitative estimate of drug-likeness (QED) is 0.407. The van der Waals surface area contributed by atoms with Gasteiger partial charge < -0.3 is 14.3 Å². The number of oxime groups is 1. The summed E-state index contributed by atoms with van der Waals surface area (Å²) >= 11 is 5.88. The number of ether oxygens (including phenoxy) is 2. The zero-order valence-electron chi connectivity index (χ0n) is 14.3. The third kappa shape index (κ3) is 5.13. The van der Waals surface area contributed by atoms with Crippen LogP contribution in [-0.2, 0) is 27.2 Å². The first-order valence-electron chi connectivity index (χ1n) is 7.55. The highest BCUT2D eigenvalue weighted by Crippen LogP contribution is 2.35. The Morgan fingerprint density at radius 2 is 1.85 bits per heavy atom. The van der Waals surface area contributed by atoms with Crippen LogP contribution in [0.4, 0.5) is 13.2 Å². The number of halogens is 4. The Kier molecular flexibility index (Phi) is 6.68. The molecule has 0 spiro atoms. The first kappa shape index (κ1) is 20.6. The van der Waals surface area contributed by atoms with Crippen LogP contribution in [-0.4, -0.2) is 25.9 Å². The maximum Gasteiger partial charge on any atom is 0.416 e. The third-order valence-electron chi connectivity index (χ3n) is 3.48. The molecule has 2 aromatic rings. The van der Waals surface area contributed by atoms with Gasteiger partial charge in [0.2, 0.25) is 0 Å². The van der Waals surface area contributed by atoms with Crippen molar-refractivity contribution in [2.24, 2.45) is 5.16 Å². The van der Waals surface area contributed by atoms with Crippen LogP contribution in [0, 0.1) is 0 Å². The molecule has 0 N–H and O–H groups in total. The van der Waals surface area contributed by atoms with Crippen molar-refractivity contribution in [1.82, 2.24) is 0 Å². The molecular weight excluding hydrogens is 387 g/mol. The van der Waals surface area contributed by atoms with Crippen molar-refractivity contribution in [1.29, 1.82) is 0 Å². The summed E-state index contributed by atoms with van der Waals surface area (Å²) in [6, 6.07) is 9.46. The lowest BCUT2D eigenvalue weighted by Crippen LogP contribution is -2.19. The van der Waals surface area contributed by atoms with E-state index in [9.17, 15) is 18.0 Å². The number of carbonyl (C=O) groups is 1. The molecule has 5 nitrogen and oxygen atoms in total. The summed E-state index contributed by atoms with van der Waals surface area (Å²) in [6.45, 7) is -0.0685. The third-order valence-corrected chi connectivity index (χ3v) is 3.77. The van der Waals surface area contributed by atoms with Crippen LogP contribution in [0.3, 0.4) is 0 Å². The van der Waals surface area contributed by atoms with Gasteiger partial charge in [0.1, 0.15) is 19.5 Å². The molecule has 0 atom stereocenters. The van der Waals surface area contributed by atoms with E-state index >= 15 is 0 Å². The first-order valence-corrected chi connectivity index (χ1v) is 7.93. The van der Waals surface area contributed by atoms with E-state index in [0.29, 0.717) is 11.1 Å². The zero-order chi connectivity index (χ0) is 20.0. The topological polar surface area (TPSA) is 57.1 Å². The second-order valence-corrected chi connectivity index (χ2v) is 5.61. The SMILES string of the molecule is CO/N=C(/C(=O)OC)c1ccccc1COc1ccc(C(F)(F)F)cc1Cl. The molecule has 2 aromatic carbocycles. The van der Waals surface area contributed by atoms with Crippen LogP contribution in [0.25, 0.3) is 0 Å². The van der Waals surface area contributed by atoms with E-state index in [1.54, 1.807) is 24.3 Å². The molecule has 0 bridgehead atoms. The molecule has 0 saturated heterocycles. The highest BCUT2D eigenvalue weighted by atomic mass is 35.5. The van der Waals surface area contributed by atoms with Gasteiger partial charge in [-0.25, -0.2) is 4.79 Å². The van der Waals surface area contributed by atoms with E-state index in [1.807, 2.05) is 0 Å². The van der Waals surface area contributed by atoms with Gasteiger partial charge >= 0.3 is 12.1 Å². The number of hydrogen-bond acceptors (Lipinski definition) is 5. The number of alkyl halides is 3. The molecule has 0 aliphatic heterocycles. The molecule has 0 aliphatic rings. The van der Waals surface area contributed by atoms with E-state index in [0.717, 1.165) is 18.2 Å². The van der Waals surface area contributed by atoms with Crippen molar-refractivity contribution in [3.8, 4) is 5.75 Å². The van der Waals surface area contributed by atoms with Crippen LogP contribution >= 0.6 is 11.6 Å². The second kappa shape index (κ2) is 8.77. The molecule has 9 heteroatoms. The van der Waals surface area contributed by atoms with E-state index in [4.69, 9.17) is 16.3 Å². The first-order chi connectivity index (χ1) is 12.8. The van der Waals surface area contributed by atoms with Crippen molar-refractivity contribution >= 4 is 23.3 Å². The van der Waals surface area contributed by atoms with Gasteiger partial charge in [-0.2, -0.15) is 13.2 Å². The van der Waals surface area contributed by atoms with Crippen molar-refractivity contribution < 1.29 is 32.3 Å². The summed E-state index contributed by atoms with van der Waals surface area (Å²) in [5.41, 5.74) is -0.0120. The predicted octanol–water partition coefficient (Wildman–Crippen LogP) is 4.46. The average Bonchev–Trinajstić information content (AvgIpc) is 2.64. The van der Waals surface area contributed by atoms with E-state index in [1.165, 1.54) is 14.2 Å². The smallest absolute Gasteiger partial charge is 0.416 e. The van der Waals surface area contributed by atoms with Crippen LogP contribution in [0.15, 0.2) is 47.6 Å². The highest BCUT2D eigenvalue weighted by Gasteiger charge is 2.31. The van der Waals surface area contributed by atoms with Gasteiger partial charge in [0.05, 0.1) is 17.7 Å². The van der Waals surface area contributed by atoms with E-state index in [-0.39, 0.29) is 23.1 Å². The van der Waals surface area contributed by atoms with E-state index < -0.39 is 17.7 Å². The molecule has 0 saturated carbocycles. The highest BCUT2D eigenvalue weighted by molar-refractivity contribution is 6.43. The second-order valence-electron chi connectivity index (χ2n) is 5.20. The van der Waals surface area contributed by atoms with Gasteiger partial charge in [0, 0.05) is 5.56 Å². The molecule has 0 heterocycles. The number of methoxy groups -OCH3 is 1. The van der Waals surface area contributed by atoms with Gasteiger partial charge in [0.25, 0.3) is 0 Å². The molecule has 0 amide bonds. The summed E-state index contributed by atoms with van der Waals surface area (Å²) in [5, 5.41) is 3.49. The number of nitrogens with zero attached hydrogens (tertiary/aromatic N) is 1. The Balaban J connectivity index is 2.27. The number of esters is 1. The number of carbonyl (C=O) groups excluding carboxylic acids is 1. The van der Waals surface area contributed by atoms with Crippen LogP contribution in [0.1, 0.15) is 16.7 Å². The largest absolute Gasteiger partial charge is 0.487 e. The Bertz CT molecular complexity index is 853. The maximum absolute atomic E-state index is 12.7. The molecule has 0 radical (unpaired) electrons. The van der Waals surface area contributed by atoms with Crippen LogP contribution in [0.5, 0.6) is 5.75 Å². The fourth-order valence-corrected chi connectivity index (χ4v) is 2.45. The standard InChI is InChI=1S/C18H15ClF3NO4/c1-25-17(24)16(23-26-2)13-6-4-3-5-11(13)10-27-15-8-7-12(9-14(15)19)18(20,21)22/h3-9H,10H2,1-2H3/b23-16+. The van der Waals surface area contributed by atoms with Gasteiger partial charge in [-0.05, 0) is 23.8 Å². The van der Waals surface area contributed by atoms with Gasteiger partial charge in [-0.3, -0.25) is 0 Å². The monoisotopic (exact) mass is 401 g/mol. The van der Waals surface area contributed by atoms with Gasteiger partial charge in [0.15, 0.2) is 5.71 Å². The molecule has 0 aromatic heterocycles. The van der Waals surface area contributed by atoms with Crippen LogP contribution in [0.2, 0.25) is 5.02 Å². The fraction of sp³-hybridized carbons (Fsp3) is 0.222. The minimum atomic E-state index is -4.50. The predicted molar refractivity (Wildman–Crippen MR) is 92.8 cm³/mol. The summed E-state index contributed by atoms with van der Waals surface area (Å²) in [7, 11) is 2.48. The summed E-state index contributed by atoms with van der Waals surface area (Å²) in [4.78, 5) is 16.6. The molecule has 2 rings (SSSR count). The fourth-order valence-electron chi connectivity index (χ4n) is 2.21. The van der Waals surface area contributed by atoms with Crippen molar-refractivity contribution in [2.75, 3.05) is 14.2 Å². The normalized spacial score (nSPS) is 11.9. The Labute approximate surface area is 158 Å². The Hall–Kier alpha value is -2.74. The molecule has 27 heavy (non-hydrogen) atoms. The lowest BCUT2D eigenvalue weighted by Gasteiger charge is -2.13. The van der Waals surface area contributed by atoms with Crippen molar-refractivity contribution in [3.63, 3.8) is 0 Å². The van der Waals surface area contributed by atoms with Crippen molar-refractivity contribution in [3.05, 3.63) is 64.2 Å². The Morgan fingerprint density at radius 1 is 1.15 bits per heavy atom. The number of rotatable bonds is 6. The number of hydrogen-bond donors (Lipinski definition) is 0. The van der Waals surface area contributed by atoms with Crippen molar-refractivity contribution in [2.45, 2.75) is 12.8 Å². The van der Waals surface area contributed by atoms with E-state index in [2.05, 4.69) is 14.7 Å². The van der Waals surface area contributed by atoms with Gasteiger partial charge in [-0.1, -0.05) is 41.0 Å². The minimum Gasteiger partial charge on any atom is -0.487 e. The van der Waals surface area contributed by atoms with Gasteiger partial charge in [-0.15, -0.1) is 0 Å². The maximum atomic E-state index is 12.7. The van der Waals surface area contributed by atoms with Crippen LogP contribution < -0.4 is 4.74 Å². The minimum absolute atomic E-state index is 0.0685. The lowest BCUT2D eigenvalue weighted by molar-refractivity contribution is -0.137. The summed E-state index contributed by atoms with van der Waals surface area (Å²) in [6.07, 6.45) is -4.50. The molecule has 144 valence electrons. The summed E-state index contributed by atoms with van der Waals surface area (Å²) < 4.78 is 48.3. The summed E-state index contributed by atoms with van der Waals surface area (Å²) in [5.74, 6) is -0.639. The zero-order valence-corrected chi connectivity index (χ0v) is 15.1. The molecular formula is C18H15ClF3NO4. The average molecular weight is 402 g/mol. The lowest BCUT2D eigenvalue weighted by atomic mass is 10.0. The molecule has 0 unspecified atom stereocenters. The molecule has 0 fully saturated rings. The number of benzene rings is 2.